The van der Waals surface area contributed by atoms with Crippen LogP contribution in [0.4, 0.5) is 0 Å². The second-order valence-electron chi connectivity index (χ2n) is 4.83. The molecule has 0 saturated heterocycles. The van der Waals surface area contributed by atoms with E-state index in [9.17, 15) is 9.90 Å². The van der Waals surface area contributed by atoms with Crippen LogP contribution in [0.1, 0.15) is 28.4 Å². The first kappa shape index (κ1) is 14.2. The topological polar surface area (TPSA) is 62.2 Å². The van der Waals surface area contributed by atoms with Crippen LogP contribution >= 0.6 is 0 Å². The highest BCUT2D eigenvalue weighted by Crippen LogP contribution is 2.17. The first-order valence-electron chi connectivity index (χ1n) is 6.50. The first-order chi connectivity index (χ1) is 9.58. The van der Waals surface area contributed by atoms with Crippen molar-refractivity contribution in [3.8, 4) is 0 Å². The molecular weight excluding hydrogens is 252 g/mol. The number of aryl methyl sites for hydroxylation is 2. The monoisotopic (exact) mass is 270 g/mol. The van der Waals surface area contributed by atoms with Gasteiger partial charge in [-0.1, -0.05) is 24.3 Å². The first-order valence-corrected chi connectivity index (χ1v) is 6.50. The average Bonchev–Trinajstić information content (AvgIpc) is 2.48. The number of hydrogen-bond acceptors (Lipinski definition) is 3. The van der Waals surface area contributed by atoms with E-state index in [-0.39, 0.29) is 0 Å². The van der Waals surface area contributed by atoms with Gasteiger partial charge >= 0.3 is 0 Å². The fourth-order valence-electron chi connectivity index (χ4n) is 1.87. The van der Waals surface area contributed by atoms with Gasteiger partial charge < -0.3 is 10.4 Å². The highest BCUT2D eigenvalue weighted by atomic mass is 16.3. The van der Waals surface area contributed by atoms with Crippen LogP contribution in [0.25, 0.3) is 0 Å². The molecule has 0 aliphatic carbocycles. The molecule has 0 radical (unpaired) electrons. The Morgan fingerprint density at radius 3 is 2.75 bits per heavy atom. The van der Waals surface area contributed by atoms with Crippen molar-refractivity contribution in [1.82, 2.24) is 10.3 Å². The Hall–Kier alpha value is -2.20. The number of benzene rings is 1. The number of carbonyl (C=O) groups excluding carboxylic acids is 1. The lowest BCUT2D eigenvalue weighted by atomic mass is 10.0. The van der Waals surface area contributed by atoms with Gasteiger partial charge in [-0.3, -0.25) is 9.78 Å². The van der Waals surface area contributed by atoms with Crippen LogP contribution < -0.4 is 5.32 Å². The van der Waals surface area contributed by atoms with Gasteiger partial charge in [0.1, 0.15) is 0 Å². The van der Waals surface area contributed by atoms with Gasteiger partial charge in [0.25, 0.3) is 5.91 Å². The van der Waals surface area contributed by atoms with Crippen molar-refractivity contribution < 1.29 is 9.90 Å². The molecule has 0 fully saturated rings. The summed E-state index contributed by atoms with van der Waals surface area (Å²) in [5, 5.41) is 12.8. The van der Waals surface area contributed by atoms with Crippen LogP contribution in [0.3, 0.4) is 0 Å². The number of carbonyl (C=O) groups is 1. The summed E-state index contributed by atoms with van der Waals surface area (Å²) in [7, 11) is 0. The molecule has 4 heteroatoms. The third-order valence-electron chi connectivity index (χ3n) is 3.28. The number of aromatic nitrogens is 1. The fraction of sp³-hybridized carbons (Fsp3) is 0.250. The molecular formula is C16H18N2O2. The lowest BCUT2D eigenvalue weighted by Crippen LogP contribution is -2.28. The molecule has 1 amide bonds. The summed E-state index contributed by atoms with van der Waals surface area (Å²) in [6.07, 6.45) is 2.21. The molecule has 1 aromatic heterocycles. The minimum Gasteiger partial charge on any atom is -0.378 e. The van der Waals surface area contributed by atoms with Crippen LogP contribution in [0.5, 0.6) is 0 Å². The van der Waals surface area contributed by atoms with Gasteiger partial charge in [-0.15, -0.1) is 0 Å². The Morgan fingerprint density at radius 1 is 1.30 bits per heavy atom. The minimum absolute atomic E-state index is 0.356. The van der Waals surface area contributed by atoms with E-state index in [1.54, 1.807) is 24.5 Å². The third-order valence-corrected chi connectivity index (χ3v) is 3.28. The highest BCUT2D eigenvalue weighted by Gasteiger charge is 2.17. The second-order valence-corrected chi connectivity index (χ2v) is 4.83. The maximum absolute atomic E-state index is 11.9. The maximum atomic E-state index is 11.9. The molecule has 2 N–H and O–H groups in total. The number of nitrogens with one attached hydrogen (secondary N) is 1. The van der Waals surface area contributed by atoms with Gasteiger partial charge in [0.2, 0.25) is 0 Å². The zero-order chi connectivity index (χ0) is 14.5. The Bertz CT molecular complexity index is 597. The standard InChI is InChI=1S/C16H18N2O2/c1-11-5-6-14(8-12(11)2)15(19)16(20)18-10-13-4-3-7-17-9-13/h3-9,15,19H,10H2,1-2H3,(H,18,20). The van der Waals surface area contributed by atoms with E-state index in [4.69, 9.17) is 0 Å². The summed E-state index contributed by atoms with van der Waals surface area (Å²) >= 11 is 0. The van der Waals surface area contributed by atoms with E-state index >= 15 is 0 Å². The van der Waals surface area contributed by atoms with E-state index in [1.165, 1.54) is 0 Å². The van der Waals surface area contributed by atoms with Gasteiger partial charge in [0, 0.05) is 18.9 Å². The van der Waals surface area contributed by atoms with Crippen molar-refractivity contribution in [2.24, 2.45) is 0 Å². The summed E-state index contributed by atoms with van der Waals surface area (Å²) < 4.78 is 0. The summed E-state index contributed by atoms with van der Waals surface area (Å²) in [6, 6.07) is 9.19. The van der Waals surface area contributed by atoms with Crippen LogP contribution in [0.15, 0.2) is 42.7 Å². The van der Waals surface area contributed by atoms with E-state index in [0.29, 0.717) is 12.1 Å². The van der Waals surface area contributed by atoms with Crippen LogP contribution in [-0.4, -0.2) is 16.0 Å². The highest BCUT2D eigenvalue weighted by molar-refractivity contribution is 5.81. The van der Waals surface area contributed by atoms with E-state index in [0.717, 1.165) is 16.7 Å². The average molecular weight is 270 g/mol. The maximum Gasteiger partial charge on any atom is 0.253 e. The zero-order valence-electron chi connectivity index (χ0n) is 11.6. The van der Waals surface area contributed by atoms with Gasteiger partial charge in [-0.05, 0) is 42.2 Å². The number of aliphatic hydroxyl groups is 1. The van der Waals surface area contributed by atoms with Gasteiger partial charge in [-0.25, -0.2) is 0 Å². The van der Waals surface area contributed by atoms with E-state index in [1.807, 2.05) is 32.0 Å². The molecule has 4 nitrogen and oxygen atoms in total. The zero-order valence-corrected chi connectivity index (χ0v) is 11.6. The van der Waals surface area contributed by atoms with Crippen LogP contribution in [-0.2, 0) is 11.3 Å². The van der Waals surface area contributed by atoms with Crippen molar-refractivity contribution in [2.45, 2.75) is 26.5 Å². The molecule has 0 spiro atoms. The Kier molecular flexibility index (Phi) is 4.48. The fourth-order valence-corrected chi connectivity index (χ4v) is 1.87. The van der Waals surface area contributed by atoms with E-state index in [2.05, 4.69) is 10.3 Å². The van der Waals surface area contributed by atoms with Crippen LogP contribution in [0.2, 0.25) is 0 Å². The van der Waals surface area contributed by atoms with Crippen molar-refractivity contribution in [3.05, 3.63) is 65.0 Å². The predicted octanol–water partition coefficient (Wildman–Crippen LogP) is 2.05. The molecule has 1 atom stereocenters. The smallest absolute Gasteiger partial charge is 0.253 e. The molecule has 0 aliphatic rings. The Labute approximate surface area is 118 Å². The van der Waals surface area contributed by atoms with Gasteiger partial charge in [-0.2, -0.15) is 0 Å². The van der Waals surface area contributed by atoms with Crippen molar-refractivity contribution in [2.75, 3.05) is 0 Å². The number of nitrogens with zero attached hydrogens (tertiary/aromatic N) is 1. The molecule has 1 aromatic carbocycles. The Balaban J connectivity index is 1.99. The van der Waals surface area contributed by atoms with Crippen LogP contribution in [0, 0.1) is 13.8 Å². The summed E-state index contributed by atoms with van der Waals surface area (Å²) in [4.78, 5) is 15.9. The molecule has 2 aromatic rings. The molecule has 0 saturated carbocycles. The predicted molar refractivity (Wildman–Crippen MR) is 77.0 cm³/mol. The molecule has 0 bridgehead atoms. The number of pyridine rings is 1. The number of rotatable bonds is 4. The van der Waals surface area contributed by atoms with Gasteiger partial charge in [0.05, 0.1) is 0 Å². The molecule has 104 valence electrons. The summed E-state index contributed by atoms with van der Waals surface area (Å²) in [6.45, 7) is 4.31. The summed E-state index contributed by atoms with van der Waals surface area (Å²) in [5.41, 5.74) is 3.70. The normalized spacial score (nSPS) is 11.9. The number of aliphatic hydroxyl groups excluding tert-OH is 1. The molecule has 20 heavy (non-hydrogen) atoms. The van der Waals surface area contributed by atoms with E-state index < -0.39 is 12.0 Å². The second kappa shape index (κ2) is 6.30. The summed E-state index contributed by atoms with van der Waals surface area (Å²) in [5.74, 6) is -0.405. The quantitative estimate of drug-likeness (QED) is 0.893. The third kappa shape index (κ3) is 3.42. The van der Waals surface area contributed by atoms with Gasteiger partial charge in [0.15, 0.2) is 6.10 Å². The Morgan fingerprint density at radius 2 is 2.10 bits per heavy atom. The molecule has 1 heterocycles. The molecule has 2 rings (SSSR count). The lowest BCUT2D eigenvalue weighted by Gasteiger charge is -2.13. The lowest BCUT2D eigenvalue weighted by molar-refractivity contribution is -0.129. The van der Waals surface area contributed by atoms with Crippen molar-refractivity contribution in [3.63, 3.8) is 0 Å². The minimum atomic E-state index is -1.15. The SMILES string of the molecule is Cc1ccc(C(O)C(=O)NCc2cccnc2)cc1C. The van der Waals surface area contributed by atoms with Crippen molar-refractivity contribution >= 4 is 5.91 Å². The number of amides is 1. The largest absolute Gasteiger partial charge is 0.378 e. The molecule has 0 aliphatic heterocycles. The van der Waals surface area contributed by atoms with Crippen molar-refractivity contribution in [1.29, 1.82) is 0 Å². The number of hydrogen-bond donors (Lipinski definition) is 2. The molecule has 1 unspecified atom stereocenters.